The Morgan fingerprint density at radius 3 is 2.40 bits per heavy atom. The second-order valence-electron chi connectivity index (χ2n) is 5.65. The minimum Gasteiger partial charge on any atom is -0.360 e. The Bertz CT molecular complexity index is 926. The molecule has 25 heavy (non-hydrogen) atoms. The molecule has 0 aliphatic carbocycles. The van der Waals surface area contributed by atoms with Gasteiger partial charge in [0.05, 0.1) is 11.3 Å². The van der Waals surface area contributed by atoms with Crippen LogP contribution in [0.2, 0.25) is 10.0 Å². The summed E-state index contributed by atoms with van der Waals surface area (Å²) in [6, 6.07) is 18.2. The van der Waals surface area contributed by atoms with E-state index >= 15 is 0 Å². The lowest BCUT2D eigenvalue weighted by molar-refractivity contribution is 0.0993. The van der Waals surface area contributed by atoms with Gasteiger partial charge in [0.1, 0.15) is 0 Å². The fourth-order valence-electron chi connectivity index (χ4n) is 2.97. The molecule has 6 heteroatoms. The van der Waals surface area contributed by atoms with Crippen molar-refractivity contribution in [1.29, 1.82) is 0 Å². The molecule has 1 aliphatic rings. The fourth-order valence-corrected chi connectivity index (χ4v) is 3.49. The highest BCUT2D eigenvalue weighted by atomic mass is 35.5. The van der Waals surface area contributed by atoms with Crippen molar-refractivity contribution in [2.75, 3.05) is 10.2 Å². The van der Waals surface area contributed by atoms with E-state index in [9.17, 15) is 4.79 Å². The van der Waals surface area contributed by atoms with Crippen molar-refractivity contribution in [3.63, 3.8) is 0 Å². The number of benzene rings is 2. The highest BCUT2D eigenvalue weighted by molar-refractivity contribution is 6.35. The van der Waals surface area contributed by atoms with Gasteiger partial charge in [0.15, 0.2) is 6.17 Å². The Hall–Kier alpha value is -2.56. The van der Waals surface area contributed by atoms with Crippen molar-refractivity contribution in [2.45, 2.75) is 6.17 Å². The third-order valence-corrected chi connectivity index (χ3v) is 4.44. The molecule has 2 heterocycles. The number of anilines is 2. The molecule has 0 fully saturated rings. The third kappa shape index (κ3) is 2.95. The monoisotopic (exact) mass is 369 g/mol. The van der Waals surface area contributed by atoms with Crippen LogP contribution >= 0.6 is 23.2 Å². The molecule has 1 amide bonds. The highest BCUT2D eigenvalue weighted by Crippen LogP contribution is 2.37. The van der Waals surface area contributed by atoms with Gasteiger partial charge in [0.2, 0.25) is 0 Å². The molecule has 1 N–H and O–H groups in total. The van der Waals surface area contributed by atoms with Gasteiger partial charge in [0, 0.05) is 27.6 Å². The first-order valence-corrected chi connectivity index (χ1v) is 8.45. The van der Waals surface area contributed by atoms with Gasteiger partial charge in [-0.2, -0.15) is 0 Å². The number of para-hydroxylation sites is 1. The first-order chi connectivity index (χ1) is 12.1. The van der Waals surface area contributed by atoms with E-state index in [0.717, 1.165) is 11.4 Å². The van der Waals surface area contributed by atoms with Crippen molar-refractivity contribution in [1.82, 2.24) is 4.98 Å². The number of hydrogen-bond donors (Lipinski definition) is 1. The topological polar surface area (TPSA) is 45.2 Å². The molecule has 1 aromatic heterocycles. The van der Waals surface area contributed by atoms with E-state index < -0.39 is 6.17 Å². The number of hydrogen-bond acceptors (Lipinski definition) is 3. The summed E-state index contributed by atoms with van der Waals surface area (Å²) in [6.45, 7) is 0. The van der Waals surface area contributed by atoms with Gasteiger partial charge in [-0.15, -0.1) is 0 Å². The molecule has 3 aromatic rings. The minimum atomic E-state index is -0.444. The van der Waals surface area contributed by atoms with Gasteiger partial charge in [-0.3, -0.25) is 14.7 Å². The number of carbonyl (C=O) groups excluding carboxylic acids is 1. The summed E-state index contributed by atoms with van der Waals surface area (Å²) in [5.41, 5.74) is 2.76. The van der Waals surface area contributed by atoms with Crippen molar-refractivity contribution in [3.05, 3.63) is 88.2 Å². The number of fused-ring (bicyclic) bond motifs is 1. The summed E-state index contributed by atoms with van der Waals surface area (Å²) in [4.78, 5) is 19.0. The van der Waals surface area contributed by atoms with Crippen LogP contribution in [0.1, 0.15) is 22.2 Å². The Morgan fingerprint density at radius 2 is 1.68 bits per heavy atom. The first-order valence-electron chi connectivity index (χ1n) is 7.69. The Balaban J connectivity index is 1.79. The normalized spacial score (nSPS) is 16.0. The van der Waals surface area contributed by atoms with Crippen molar-refractivity contribution in [2.24, 2.45) is 0 Å². The standard InChI is InChI=1S/C19H13Cl2N3O/c20-12-9-13(21)11-14(10-12)23-18-17-16(7-4-8-22-17)19(25)24(18)15-5-2-1-3-6-15/h1-11,18,23H/t18-/m1/s1. The van der Waals surface area contributed by atoms with Gasteiger partial charge < -0.3 is 5.32 Å². The molecule has 0 saturated heterocycles. The largest absolute Gasteiger partial charge is 0.360 e. The van der Waals surface area contributed by atoms with Crippen molar-refractivity contribution < 1.29 is 4.79 Å². The van der Waals surface area contributed by atoms with Crippen molar-refractivity contribution in [3.8, 4) is 0 Å². The average Bonchev–Trinajstić information content (AvgIpc) is 2.87. The number of pyridine rings is 1. The summed E-state index contributed by atoms with van der Waals surface area (Å²) in [6.07, 6.45) is 1.24. The zero-order chi connectivity index (χ0) is 17.4. The van der Waals surface area contributed by atoms with Crippen molar-refractivity contribution >= 4 is 40.5 Å². The van der Waals surface area contributed by atoms with Crippen LogP contribution in [0, 0.1) is 0 Å². The molecule has 124 valence electrons. The number of aromatic nitrogens is 1. The van der Waals surface area contributed by atoms with E-state index in [-0.39, 0.29) is 5.91 Å². The van der Waals surface area contributed by atoms with E-state index in [1.54, 1.807) is 41.4 Å². The second-order valence-corrected chi connectivity index (χ2v) is 6.52. The maximum absolute atomic E-state index is 12.9. The first kappa shape index (κ1) is 15.9. The lowest BCUT2D eigenvalue weighted by Crippen LogP contribution is -2.32. The van der Waals surface area contributed by atoms with Crippen LogP contribution < -0.4 is 10.2 Å². The van der Waals surface area contributed by atoms with Gasteiger partial charge in [-0.25, -0.2) is 0 Å². The van der Waals surface area contributed by atoms with E-state index in [1.165, 1.54) is 0 Å². The smallest absolute Gasteiger partial charge is 0.262 e. The minimum absolute atomic E-state index is 0.0973. The van der Waals surface area contributed by atoms with Crippen LogP contribution in [0.3, 0.4) is 0 Å². The molecule has 0 bridgehead atoms. The highest BCUT2D eigenvalue weighted by Gasteiger charge is 2.38. The van der Waals surface area contributed by atoms with Gasteiger partial charge >= 0.3 is 0 Å². The van der Waals surface area contributed by atoms with E-state index in [4.69, 9.17) is 23.2 Å². The van der Waals surface area contributed by atoms with Crippen LogP contribution in [-0.2, 0) is 0 Å². The lowest BCUT2D eigenvalue weighted by atomic mass is 10.2. The quantitative estimate of drug-likeness (QED) is 0.693. The SMILES string of the molecule is O=C1c2cccnc2[C@H](Nc2cc(Cl)cc(Cl)c2)N1c1ccccc1. The Labute approximate surface area is 155 Å². The van der Waals surface area contributed by atoms with Crippen LogP contribution in [-0.4, -0.2) is 10.9 Å². The molecular weight excluding hydrogens is 357 g/mol. The number of nitrogens with zero attached hydrogens (tertiary/aromatic N) is 2. The van der Waals surface area contributed by atoms with E-state index in [2.05, 4.69) is 10.3 Å². The van der Waals surface area contributed by atoms with Gasteiger partial charge in [0.25, 0.3) is 5.91 Å². The summed E-state index contributed by atoms with van der Waals surface area (Å²) in [5, 5.41) is 4.37. The molecule has 0 spiro atoms. The molecule has 2 aromatic carbocycles. The van der Waals surface area contributed by atoms with Gasteiger partial charge in [-0.1, -0.05) is 41.4 Å². The Morgan fingerprint density at radius 1 is 0.960 bits per heavy atom. The van der Waals surface area contributed by atoms with E-state index in [1.807, 2.05) is 30.3 Å². The summed E-state index contributed by atoms with van der Waals surface area (Å²) >= 11 is 12.2. The molecule has 4 nitrogen and oxygen atoms in total. The maximum atomic E-state index is 12.9. The van der Waals surface area contributed by atoms with Crippen LogP contribution in [0.15, 0.2) is 66.9 Å². The average molecular weight is 370 g/mol. The molecular formula is C19H13Cl2N3O. The Kier molecular flexibility index (Phi) is 4.07. The molecule has 1 aliphatic heterocycles. The molecule has 1 atom stereocenters. The zero-order valence-electron chi connectivity index (χ0n) is 13.0. The molecule has 0 saturated carbocycles. The maximum Gasteiger partial charge on any atom is 0.262 e. The molecule has 0 radical (unpaired) electrons. The predicted molar refractivity (Wildman–Crippen MR) is 100 cm³/mol. The number of nitrogens with one attached hydrogen (secondary N) is 1. The molecule has 4 rings (SSSR count). The lowest BCUT2D eigenvalue weighted by Gasteiger charge is -2.26. The van der Waals surface area contributed by atoms with E-state index in [0.29, 0.717) is 21.3 Å². The van der Waals surface area contributed by atoms with Crippen LogP contribution in [0.5, 0.6) is 0 Å². The van der Waals surface area contributed by atoms with Crippen LogP contribution in [0.4, 0.5) is 11.4 Å². The number of rotatable bonds is 3. The number of halogens is 2. The fraction of sp³-hybridized carbons (Fsp3) is 0.0526. The summed E-state index contributed by atoms with van der Waals surface area (Å²) < 4.78 is 0. The molecule has 0 unspecified atom stereocenters. The number of carbonyl (C=O) groups is 1. The zero-order valence-corrected chi connectivity index (χ0v) is 14.5. The second kappa shape index (κ2) is 6.39. The number of amides is 1. The van der Waals surface area contributed by atoms with Gasteiger partial charge in [-0.05, 0) is 42.5 Å². The third-order valence-electron chi connectivity index (χ3n) is 4.01. The summed E-state index contributed by atoms with van der Waals surface area (Å²) in [7, 11) is 0. The van der Waals surface area contributed by atoms with Crippen LogP contribution in [0.25, 0.3) is 0 Å². The predicted octanol–water partition coefficient (Wildman–Crippen LogP) is 5.16. The summed E-state index contributed by atoms with van der Waals surface area (Å²) in [5.74, 6) is -0.0973.